The van der Waals surface area contributed by atoms with Crippen LogP contribution in [0.15, 0.2) is 21.1 Å². The van der Waals surface area contributed by atoms with Gasteiger partial charge in [-0.25, -0.2) is 0 Å². The molecule has 0 bridgehead atoms. The highest BCUT2D eigenvalue weighted by Crippen LogP contribution is 2.36. The minimum Gasteiger partial charge on any atom is -0.506 e. The van der Waals surface area contributed by atoms with Gasteiger partial charge in [-0.15, -0.1) is 0 Å². The summed E-state index contributed by atoms with van der Waals surface area (Å²) in [5.41, 5.74) is -0.165. The zero-order valence-corrected chi connectivity index (χ0v) is 8.79. The zero-order chi connectivity index (χ0) is 9.30. The van der Waals surface area contributed by atoms with Gasteiger partial charge in [-0.1, -0.05) is 15.9 Å². The summed E-state index contributed by atoms with van der Waals surface area (Å²) in [6.07, 6.45) is 0. The first-order chi connectivity index (χ1) is 5.52. The molecule has 64 valence electrons. The van der Waals surface area contributed by atoms with Gasteiger partial charge >= 0.3 is 0 Å². The molecule has 0 heterocycles. The van der Waals surface area contributed by atoms with E-state index >= 15 is 0 Å². The van der Waals surface area contributed by atoms with Crippen LogP contribution in [0, 0.1) is 10.1 Å². The van der Waals surface area contributed by atoms with Crippen LogP contribution in [0.1, 0.15) is 0 Å². The number of nitro groups is 1. The van der Waals surface area contributed by atoms with Gasteiger partial charge in [0.15, 0.2) is 0 Å². The zero-order valence-electron chi connectivity index (χ0n) is 5.62. The number of nitro benzene ring substituents is 1. The number of benzene rings is 1. The Balaban J connectivity index is 3.37. The fraction of sp³-hybridized carbons (Fsp3) is 0. The minimum atomic E-state index is -0.575. The smallest absolute Gasteiger partial charge is 0.288 e. The van der Waals surface area contributed by atoms with E-state index in [1.165, 1.54) is 12.1 Å². The molecule has 0 aliphatic carbocycles. The number of hydrogen-bond acceptors (Lipinski definition) is 3. The third kappa shape index (κ3) is 1.75. The lowest BCUT2D eigenvalue weighted by molar-refractivity contribution is -0.385. The average molecular weight is 297 g/mol. The third-order valence-electron chi connectivity index (χ3n) is 1.20. The molecule has 1 N–H and O–H groups in total. The number of phenols is 1. The van der Waals surface area contributed by atoms with E-state index in [-0.39, 0.29) is 15.9 Å². The molecule has 0 aliphatic rings. The largest absolute Gasteiger partial charge is 0.506 e. The molecule has 0 radical (unpaired) electrons. The molecular formula is C6H3Br2NO3. The number of phenolic OH excluding ortho intramolecular Hbond substituents is 1. The number of aromatic hydroxyl groups is 1. The van der Waals surface area contributed by atoms with Crippen LogP contribution in [-0.2, 0) is 0 Å². The molecule has 1 aromatic carbocycles. The molecule has 6 heteroatoms. The van der Waals surface area contributed by atoms with Crippen molar-refractivity contribution >= 4 is 37.5 Å². The molecular weight excluding hydrogens is 294 g/mol. The van der Waals surface area contributed by atoms with Gasteiger partial charge in [-0.3, -0.25) is 10.1 Å². The van der Waals surface area contributed by atoms with Crippen molar-refractivity contribution in [3.63, 3.8) is 0 Å². The van der Waals surface area contributed by atoms with Gasteiger partial charge < -0.3 is 5.11 Å². The van der Waals surface area contributed by atoms with E-state index in [1.807, 2.05) is 0 Å². The predicted molar refractivity (Wildman–Crippen MR) is 50.2 cm³/mol. The van der Waals surface area contributed by atoms with Crippen LogP contribution in [0.5, 0.6) is 5.75 Å². The van der Waals surface area contributed by atoms with Crippen molar-refractivity contribution in [3.05, 3.63) is 31.2 Å². The molecule has 4 nitrogen and oxygen atoms in total. The first kappa shape index (κ1) is 9.47. The maximum absolute atomic E-state index is 10.4. The van der Waals surface area contributed by atoms with Gasteiger partial charge in [0.2, 0.25) is 0 Å². The first-order valence-corrected chi connectivity index (χ1v) is 4.43. The maximum Gasteiger partial charge on any atom is 0.288 e. The Bertz CT molecular complexity index is 340. The van der Waals surface area contributed by atoms with E-state index < -0.39 is 4.92 Å². The van der Waals surface area contributed by atoms with Crippen molar-refractivity contribution in [2.24, 2.45) is 0 Å². The molecule has 0 aliphatic heterocycles. The van der Waals surface area contributed by atoms with Crippen LogP contribution >= 0.6 is 31.9 Å². The van der Waals surface area contributed by atoms with E-state index in [0.29, 0.717) is 4.47 Å². The van der Waals surface area contributed by atoms with Gasteiger partial charge in [-0.05, 0) is 22.0 Å². The Kier molecular flexibility index (Phi) is 2.69. The molecule has 1 aromatic rings. The number of rotatable bonds is 1. The normalized spacial score (nSPS) is 9.83. The molecule has 0 saturated carbocycles. The Morgan fingerprint density at radius 3 is 2.50 bits per heavy atom. The highest BCUT2D eigenvalue weighted by atomic mass is 79.9. The lowest BCUT2D eigenvalue weighted by atomic mass is 10.3. The molecule has 0 fully saturated rings. The summed E-state index contributed by atoms with van der Waals surface area (Å²) < 4.78 is 0.561. The minimum absolute atomic E-state index is 0.0932. The topological polar surface area (TPSA) is 63.4 Å². The molecule has 1 rings (SSSR count). The predicted octanol–water partition coefficient (Wildman–Crippen LogP) is 2.83. The number of hydrogen-bond donors (Lipinski definition) is 1. The lowest BCUT2D eigenvalue weighted by Crippen LogP contribution is -1.89. The standard InChI is InChI=1S/C6H3Br2NO3/c7-3-1-4(9(11)12)6(8)5(10)2-3/h1-2,10H. The fourth-order valence-electron chi connectivity index (χ4n) is 0.694. The van der Waals surface area contributed by atoms with Crippen LogP contribution in [0.4, 0.5) is 5.69 Å². The van der Waals surface area contributed by atoms with Gasteiger partial charge in [0.25, 0.3) is 5.69 Å². The summed E-state index contributed by atoms with van der Waals surface area (Å²) in [6, 6.07) is 2.68. The molecule has 0 saturated heterocycles. The Labute approximate surface area is 84.6 Å². The molecule has 0 amide bonds. The van der Waals surface area contributed by atoms with Crippen molar-refractivity contribution in [3.8, 4) is 5.75 Å². The summed E-state index contributed by atoms with van der Waals surface area (Å²) in [4.78, 5) is 9.79. The number of halogens is 2. The Morgan fingerprint density at radius 1 is 1.42 bits per heavy atom. The average Bonchev–Trinajstić information content (AvgIpc) is 1.96. The number of nitrogens with zero attached hydrogens (tertiary/aromatic N) is 1. The van der Waals surface area contributed by atoms with Crippen LogP contribution in [0.2, 0.25) is 0 Å². The van der Waals surface area contributed by atoms with Crippen molar-refractivity contribution < 1.29 is 10.0 Å². The lowest BCUT2D eigenvalue weighted by Gasteiger charge is -1.98. The van der Waals surface area contributed by atoms with E-state index in [4.69, 9.17) is 5.11 Å². The van der Waals surface area contributed by atoms with Crippen LogP contribution < -0.4 is 0 Å². The highest BCUT2D eigenvalue weighted by molar-refractivity contribution is 9.11. The van der Waals surface area contributed by atoms with Gasteiger partial charge in [0, 0.05) is 10.5 Å². The van der Waals surface area contributed by atoms with E-state index in [0.717, 1.165) is 0 Å². The maximum atomic E-state index is 10.4. The van der Waals surface area contributed by atoms with Crippen LogP contribution in [0.3, 0.4) is 0 Å². The second kappa shape index (κ2) is 3.40. The van der Waals surface area contributed by atoms with Crippen LogP contribution in [-0.4, -0.2) is 10.0 Å². The fourth-order valence-corrected chi connectivity index (χ4v) is 1.50. The SMILES string of the molecule is O=[N+]([O-])c1cc(Br)cc(O)c1Br. The summed E-state index contributed by atoms with van der Waals surface area (Å²) >= 11 is 5.93. The van der Waals surface area contributed by atoms with E-state index in [1.54, 1.807) is 0 Å². The second-order valence-electron chi connectivity index (χ2n) is 2.02. The monoisotopic (exact) mass is 295 g/mol. The molecule has 0 atom stereocenters. The van der Waals surface area contributed by atoms with E-state index in [9.17, 15) is 10.1 Å². The van der Waals surface area contributed by atoms with Gasteiger partial charge in [-0.2, -0.15) is 0 Å². The third-order valence-corrected chi connectivity index (χ3v) is 2.47. The summed E-state index contributed by atoms with van der Waals surface area (Å²) in [6.45, 7) is 0. The second-order valence-corrected chi connectivity index (χ2v) is 3.72. The van der Waals surface area contributed by atoms with Crippen LogP contribution in [0.25, 0.3) is 0 Å². The Morgan fingerprint density at radius 2 is 2.00 bits per heavy atom. The first-order valence-electron chi connectivity index (χ1n) is 2.85. The highest BCUT2D eigenvalue weighted by Gasteiger charge is 2.16. The van der Waals surface area contributed by atoms with Crippen molar-refractivity contribution in [1.82, 2.24) is 0 Å². The molecule has 12 heavy (non-hydrogen) atoms. The molecule has 0 unspecified atom stereocenters. The van der Waals surface area contributed by atoms with Crippen molar-refractivity contribution in [2.45, 2.75) is 0 Å². The van der Waals surface area contributed by atoms with Crippen molar-refractivity contribution in [2.75, 3.05) is 0 Å². The quantitative estimate of drug-likeness (QED) is 0.640. The molecule has 0 spiro atoms. The van der Waals surface area contributed by atoms with Gasteiger partial charge in [0.1, 0.15) is 10.2 Å². The summed E-state index contributed by atoms with van der Waals surface area (Å²) in [5.74, 6) is -0.156. The summed E-state index contributed by atoms with van der Waals surface area (Å²) in [7, 11) is 0. The van der Waals surface area contributed by atoms with E-state index in [2.05, 4.69) is 31.9 Å². The van der Waals surface area contributed by atoms with Crippen molar-refractivity contribution in [1.29, 1.82) is 0 Å². The van der Waals surface area contributed by atoms with Gasteiger partial charge in [0.05, 0.1) is 4.92 Å². The molecule has 0 aromatic heterocycles. The Hall–Kier alpha value is -0.620. The summed E-state index contributed by atoms with van der Waals surface area (Å²) in [5, 5.41) is 19.5.